The fraction of sp³-hybridized carbons (Fsp3) is 1.00. The van der Waals surface area contributed by atoms with Crippen LogP contribution in [0, 0.1) is 0 Å². The Kier molecular flexibility index (Phi) is 4.31. The van der Waals surface area contributed by atoms with E-state index in [1.807, 2.05) is 0 Å². The molecule has 1 fully saturated rings. The van der Waals surface area contributed by atoms with Crippen molar-refractivity contribution in [3.05, 3.63) is 0 Å². The lowest BCUT2D eigenvalue weighted by molar-refractivity contribution is -0.215. The largest absolute Gasteiger partial charge is 0.389 e. The van der Waals surface area contributed by atoms with Crippen LogP contribution in [0.4, 0.5) is 0 Å². The zero-order chi connectivity index (χ0) is 10.7. The molecule has 0 saturated carbocycles. The van der Waals surface area contributed by atoms with Gasteiger partial charge in [0.2, 0.25) is 0 Å². The minimum Gasteiger partial charge on any atom is -0.389 e. The summed E-state index contributed by atoms with van der Waals surface area (Å²) in [5.41, 5.74) is 0. The van der Waals surface area contributed by atoms with E-state index in [9.17, 15) is 10.2 Å². The number of hydrogen-bond acceptors (Lipinski definition) is 4. The molecule has 1 heterocycles. The number of rotatable bonds is 3. The highest BCUT2D eigenvalue weighted by Gasteiger charge is 2.36. The monoisotopic (exact) mass is 203 g/mol. The zero-order valence-corrected chi connectivity index (χ0v) is 9.18. The van der Waals surface area contributed by atoms with Crippen LogP contribution in [-0.4, -0.2) is 52.7 Å². The number of ether oxygens (including phenoxy) is 1. The number of likely N-dealkylation sites (N-methyl/N-ethyl adjacent to an activating group) is 1. The Bertz CT molecular complexity index is 171. The van der Waals surface area contributed by atoms with E-state index >= 15 is 0 Å². The van der Waals surface area contributed by atoms with Crippen molar-refractivity contribution in [1.29, 1.82) is 0 Å². The van der Waals surface area contributed by atoms with E-state index in [1.54, 1.807) is 6.92 Å². The minimum atomic E-state index is -0.737. The molecule has 1 rings (SSSR count). The summed E-state index contributed by atoms with van der Waals surface area (Å²) in [4.78, 5) is 2.16. The van der Waals surface area contributed by atoms with Gasteiger partial charge in [-0.15, -0.1) is 0 Å². The maximum atomic E-state index is 9.91. The van der Waals surface area contributed by atoms with Gasteiger partial charge in [0, 0.05) is 12.5 Å². The average Bonchev–Trinajstić information content (AvgIpc) is 2.15. The predicted molar refractivity (Wildman–Crippen MR) is 53.9 cm³/mol. The molecule has 0 spiro atoms. The van der Waals surface area contributed by atoms with Gasteiger partial charge in [-0.3, -0.25) is 4.90 Å². The van der Waals surface area contributed by atoms with Crippen molar-refractivity contribution in [2.45, 2.75) is 51.7 Å². The quantitative estimate of drug-likeness (QED) is 0.687. The molecule has 0 radical (unpaired) electrons. The molecule has 1 saturated heterocycles. The predicted octanol–water partition coefficient (Wildman–Crippen LogP) is 0.185. The lowest BCUT2D eigenvalue weighted by atomic mass is 9.98. The third kappa shape index (κ3) is 2.45. The van der Waals surface area contributed by atoms with Gasteiger partial charge in [-0.2, -0.15) is 0 Å². The summed E-state index contributed by atoms with van der Waals surface area (Å²) in [6, 6.07) is 0.0174. The SMILES string of the molecule is CCN(CC)C1C[C@H](O)O[C@H](C)[C@H]1O. The first-order chi connectivity index (χ1) is 6.60. The van der Waals surface area contributed by atoms with Gasteiger partial charge in [0.15, 0.2) is 6.29 Å². The second-order valence-corrected chi connectivity index (χ2v) is 3.81. The topological polar surface area (TPSA) is 52.9 Å². The number of aliphatic hydroxyl groups is 2. The minimum absolute atomic E-state index is 0.0174. The standard InChI is InChI=1S/C10H21NO3/c1-4-11(5-2)8-6-9(12)14-7(3)10(8)13/h7-10,12-13H,4-6H2,1-3H3/t7-,8?,9-,10-/m1/s1. The van der Waals surface area contributed by atoms with E-state index < -0.39 is 12.4 Å². The lowest BCUT2D eigenvalue weighted by Gasteiger charge is -2.41. The third-order valence-corrected chi connectivity index (χ3v) is 2.97. The molecule has 1 aliphatic heterocycles. The van der Waals surface area contributed by atoms with Crippen molar-refractivity contribution < 1.29 is 14.9 Å². The second-order valence-electron chi connectivity index (χ2n) is 3.81. The van der Waals surface area contributed by atoms with E-state index in [2.05, 4.69) is 18.7 Å². The van der Waals surface area contributed by atoms with Gasteiger partial charge in [-0.25, -0.2) is 0 Å². The van der Waals surface area contributed by atoms with E-state index in [1.165, 1.54) is 0 Å². The smallest absolute Gasteiger partial charge is 0.156 e. The maximum absolute atomic E-state index is 9.91. The molecule has 4 heteroatoms. The van der Waals surface area contributed by atoms with Crippen LogP contribution in [0.1, 0.15) is 27.2 Å². The van der Waals surface area contributed by atoms with Crippen molar-refractivity contribution in [2.24, 2.45) is 0 Å². The van der Waals surface area contributed by atoms with Crippen LogP contribution in [0.5, 0.6) is 0 Å². The molecule has 0 bridgehead atoms. The Hall–Kier alpha value is -0.160. The van der Waals surface area contributed by atoms with Crippen LogP contribution in [0.2, 0.25) is 0 Å². The first kappa shape index (κ1) is 11.9. The van der Waals surface area contributed by atoms with Gasteiger partial charge in [0.05, 0.1) is 12.2 Å². The molecule has 0 aromatic carbocycles. The molecular formula is C10H21NO3. The Morgan fingerprint density at radius 3 is 2.36 bits per heavy atom. The van der Waals surface area contributed by atoms with Gasteiger partial charge in [-0.1, -0.05) is 13.8 Å². The molecule has 0 amide bonds. The normalized spacial score (nSPS) is 39.0. The Morgan fingerprint density at radius 2 is 1.86 bits per heavy atom. The van der Waals surface area contributed by atoms with Gasteiger partial charge in [0.25, 0.3) is 0 Å². The molecule has 1 unspecified atom stereocenters. The highest BCUT2D eigenvalue weighted by molar-refractivity contribution is 4.86. The second kappa shape index (κ2) is 5.07. The average molecular weight is 203 g/mol. The summed E-state index contributed by atoms with van der Waals surface area (Å²) in [5, 5.41) is 19.4. The fourth-order valence-corrected chi connectivity index (χ4v) is 2.10. The van der Waals surface area contributed by atoms with Crippen LogP contribution < -0.4 is 0 Å². The zero-order valence-electron chi connectivity index (χ0n) is 9.18. The van der Waals surface area contributed by atoms with Crippen molar-refractivity contribution in [1.82, 2.24) is 4.90 Å². The maximum Gasteiger partial charge on any atom is 0.156 e. The summed E-state index contributed by atoms with van der Waals surface area (Å²) in [6.45, 7) is 7.68. The van der Waals surface area contributed by atoms with E-state index in [0.717, 1.165) is 13.1 Å². The van der Waals surface area contributed by atoms with Crippen LogP contribution >= 0.6 is 0 Å². The summed E-state index contributed by atoms with van der Waals surface area (Å²) in [6.07, 6.45) is -1.03. The Morgan fingerprint density at radius 1 is 1.29 bits per heavy atom. The fourth-order valence-electron chi connectivity index (χ4n) is 2.10. The third-order valence-electron chi connectivity index (χ3n) is 2.97. The van der Waals surface area contributed by atoms with Crippen molar-refractivity contribution in [3.8, 4) is 0 Å². The molecule has 4 nitrogen and oxygen atoms in total. The van der Waals surface area contributed by atoms with Gasteiger partial charge in [0.1, 0.15) is 0 Å². The summed E-state index contributed by atoms with van der Waals surface area (Å²) >= 11 is 0. The number of nitrogens with zero attached hydrogens (tertiary/aromatic N) is 1. The highest BCUT2D eigenvalue weighted by atomic mass is 16.6. The lowest BCUT2D eigenvalue weighted by Crippen LogP contribution is -2.54. The van der Waals surface area contributed by atoms with E-state index in [0.29, 0.717) is 6.42 Å². The van der Waals surface area contributed by atoms with E-state index in [-0.39, 0.29) is 12.1 Å². The molecule has 4 atom stereocenters. The van der Waals surface area contributed by atoms with Crippen LogP contribution in [0.25, 0.3) is 0 Å². The summed E-state index contributed by atoms with van der Waals surface area (Å²) in [5.74, 6) is 0. The van der Waals surface area contributed by atoms with Gasteiger partial charge >= 0.3 is 0 Å². The highest BCUT2D eigenvalue weighted by Crippen LogP contribution is 2.22. The molecule has 0 aliphatic carbocycles. The molecule has 1 aliphatic rings. The van der Waals surface area contributed by atoms with Gasteiger partial charge < -0.3 is 14.9 Å². The van der Waals surface area contributed by atoms with Crippen molar-refractivity contribution >= 4 is 0 Å². The first-order valence-electron chi connectivity index (χ1n) is 5.35. The molecule has 0 aromatic heterocycles. The molecule has 2 N–H and O–H groups in total. The van der Waals surface area contributed by atoms with Crippen LogP contribution in [0.15, 0.2) is 0 Å². The van der Waals surface area contributed by atoms with Crippen molar-refractivity contribution in [2.75, 3.05) is 13.1 Å². The number of hydrogen-bond donors (Lipinski definition) is 2. The first-order valence-corrected chi connectivity index (χ1v) is 5.35. The van der Waals surface area contributed by atoms with Crippen LogP contribution in [0.3, 0.4) is 0 Å². The Labute approximate surface area is 85.5 Å². The van der Waals surface area contributed by atoms with E-state index in [4.69, 9.17) is 4.74 Å². The molecule has 0 aromatic rings. The Balaban J connectivity index is 2.64. The summed E-state index contributed by atoms with van der Waals surface area (Å²) < 4.78 is 5.15. The molecule has 14 heavy (non-hydrogen) atoms. The molecule has 84 valence electrons. The van der Waals surface area contributed by atoms with Crippen molar-refractivity contribution in [3.63, 3.8) is 0 Å². The van der Waals surface area contributed by atoms with Crippen LogP contribution in [-0.2, 0) is 4.74 Å². The number of aliphatic hydroxyl groups excluding tert-OH is 2. The molecular weight excluding hydrogens is 182 g/mol. The summed E-state index contributed by atoms with van der Waals surface area (Å²) in [7, 11) is 0. The van der Waals surface area contributed by atoms with Gasteiger partial charge in [-0.05, 0) is 20.0 Å².